The van der Waals surface area contributed by atoms with Gasteiger partial charge in [0.15, 0.2) is 4.77 Å². The largest absolute Gasteiger partial charge is 0.355 e. The first-order valence-corrected chi connectivity index (χ1v) is 9.11. The standard InChI is InChI=1S/C17H19ClN4OS/c18-14-4-2-1-3-11(14)12-9-13(12)16(23)19-8-7-15-20-21-17(24)22(15)10-5-6-10/h1-4,10,12-13H,5-9H2,(H,19,23)(H,21,24)/t12-,13-/m0/s1. The normalized spacial score (nSPS) is 22.4. The summed E-state index contributed by atoms with van der Waals surface area (Å²) in [5.41, 5.74) is 1.08. The fourth-order valence-electron chi connectivity index (χ4n) is 3.26. The van der Waals surface area contributed by atoms with Crippen LogP contribution < -0.4 is 5.32 Å². The van der Waals surface area contributed by atoms with Gasteiger partial charge in [0, 0.05) is 29.9 Å². The Kier molecular flexibility index (Phi) is 4.18. The average molecular weight is 363 g/mol. The van der Waals surface area contributed by atoms with E-state index >= 15 is 0 Å². The van der Waals surface area contributed by atoms with Crippen LogP contribution in [0.2, 0.25) is 5.02 Å². The van der Waals surface area contributed by atoms with Crippen molar-refractivity contribution < 1.29 is 4.79 Å². The van der Waals surface area contributed by atoms with E-state index < -0.39 is 0 Å². The number of nitrogens with one attached hydrogen (secondary N) is 2. The van der Waals surface area contributed by atoms with Crippen LogP contribution >= 0.6 is 23.8 Å². The van der Waals surface area contributed by atoms with Gasteiger partial charge in [-0.15, -0.1) is 0 Å². The molecule has 2 saturated carbocycles. The van der Waals surface area contributed by atoms with Crippen molar-refractivity contribution in [1.82, 2.24) is 20.1 Å². The summed E-state index contributed by atoms with van der Waals surface area (Å²) in [6, 6.07) is 8.26. The zero-order valence-corrected chi connectivity index (χ0v) is 14.7. The fraction of sp³-hybridized carbons (Fsp3) is 0.471. The van der Waals surface area contributed by atoms with Crippen LogP contribution in [-0.2, 0) is 11.2 Å². The summed E-state index contributed by atoms with van der Waals surface area (Å²) in [7, 11) is 0. The van der Waals surface area contributed by atoms with E-state index in [9.17, 15) is 4.79 Å². The van der Waals surface area contributed by atoms with Crippen molar-refractivity contribution in [1.29, 1.82) is 0 Å². The number of benzene rings is 1. The molecule has 24 heavy (non-hydrogen) atoms. The zero-order chi connectivity index (χ0) is 16.7. The molecule has 2 N–H and O–H groups in total. The van der Waals surface area contributed by atoms with Crippen molar-refractivity contribution in [3.8, 4) is 0 Å². The van der Waals surface area contributed by atoms with Crippen LogP contribution in [0.3, 0.4) is 0 Å². The molecule has 1 aromatic carbocycles. The molecule has 0 radical (unpaired) electrons. The van der Waals surface area contributed by atoms with Crippen molar-refractivity contribution in [3.63, 3.8) is 0 Å². The van der Waals surface area contributed by atoms with Crippen molar-refractivity contribution in [2.24, 2.45) is 5.92 Å². The highest BCUT2D eigenvalue weighted by molar-refractivity contribution is 7.71. The lowest BCUT2D eigenvalue weighted by atomic mass is 10.1. The maximum absolute atomic E-state index is 12.3. The molecule has 1 amide bonds. The second kappa shape index (κ2) is 6.33. The highest BCUT2D eigenvalue weighted by Crippen LogP contribution is 2.49. The zero-order valence-electron chi connectivity index (χ0n) is 13.2. The minimum Gasteiger partial charge on any atom is -0.355 e. The molecule has 0 unspecified atom stereocenters. The van der Waals surface area contributed by atoms with Gasteiger partial charge in [0.2, 0.25) is 5.91 Å². The highest BCUT2D eigenvalue weighted by Gasteiger charge is 2.44. The molecule has 2 fully saturated rings. The van der Waals surface area contributed by atoms with Crippen molar-refractivity contribution in [2.45, 2.75) is 37.6 Å². The minimum absolute atomic E-state index is 0.0363. The quantitative estimate of drug-likeness (QED) is 0.774. The molecule has 0 saturated heterocycles. The van der Waals surface area contributed by atoms with Gasteiger partial charge in [-0.05, 0) is 49.0 Å². The van der Waals surface area contributed by atoms with Crippen LogP contribution in [-0.4, -0.2) is 27.2 Å². The molecule has 0 spiro atoms. The molecule has 2 aromatic rings. The number of carbonyl (C=O) groups is 1. The van der Waals surface area contributed by atoms with Crippen LogP contribution in [0.5, 0.6) is 0 Å². The molecule has 1 heterocycles. The Morgan fingerprint density at radius 3 is 2.96 bits per heavy atom. The van der Waals surface area contributed by atoms with E-state index in [2.05, 4.69) is 20.1 Å². The molecule has 2 aliphatic carbocycles. The molecule has 2 atom stereocenters. The number of hydrogen-bond acceptors (Lipinski definition) is 3. The number of rotatable bonds is 6. The van der Waals surface area contributed by atoms with Gasteiger partial charge >= 0.3 is 0 Å². The first kappa shape index (κ1) is 15.8. The Bertz CT molecular complexity index is 826. The van der Waals surface area contributed by atoms with Gasteiger partial charge in [0.1, 0.15) is 5.82 Å². The van der Waals surface area contributed by atoms with Crippen LogP contribution in [0.25, 0.3) is 0 Å². The van der Waals surface area contributed by atoms with Gasteiger partial charge in [-0.3, -0.25) is 9.89 Å². The predicted octanol–water partition coefficient (Wildman–Crippen LogP) is 3.39. The third kappa shape index (κ3) is 3.13. The highest BCUT2D eigenvalue weighted by atomic mass is 35.5. The molecular weight excluding hydrogens is 344 g/mol. The monoisotopic (exact) mass is 362 g/mol. The maximum atomic E-state index is 12.3. The summed E-state index contributed by atoms with van der Waals surface area (Å²) in [5.74, 6) is 1.32. The summed E-state index contributed by atoms with van der Waals surface area (Å²) in [6.07, 6.45) is 3.89. The lowest BCUT2D eigenvalue weighted by molar-refractivity contribution is -0.122. The number of aromatic amines is 1. The molecule has 1 aromatic heterocycles. The lowest BCUT2D eigenvalue weighted by Gasteiger charge is -2.07. The summed E-state index contributed by atoms with van der Waals surface area (Å²) < 4.78 is 2.77. The maximum Gasteiger partial charge on any atom is 0.223 e. The number of carbonyl (C=O) groups excluding carboxylic acids is 1. The Hall–Kier alpha value is -1.66. The number of aromatic nitrogens is 3. The number of H-pyrrole nitrogens is 1. The summed E-state index contributed by atoms with van der Waals surface area (Å²) in [6.45, 7) is 0.580. The van der Waals surface area contributed by atoms with Crippen molar-refractivity contribution in [3.05, 3.63) is 45.4 Å². The minimum atomic E-state index is 0.0363. The topological polar surface area (TPSA) is 62.7 Å². The lowest BCUT2D eigenvalue weighted by Crippen LogP contribution is -2.28. The Balaban J connectivity index is 1.31. The summed E-state index contributed by atoms with van der Waals surface area (Å²) in [4.78, 5) is 12.3. The number of nitrogens with zero attached hydrogens (tertiary/aromatic N) is 2. The third-order valence-corrected chi connectivity index (χ3v) is 5.40. The molecule has 7 heteroatoms. The summed E-state index contributed by atoms with van der Waals surface area (Å²) in [5, 5.41) is 10.9. The first-order chi connectivity index (χ1) is 11.6. The molecule has 4 rings (SSSR count). The molecule has 0 aliphatic heterocycles. The van der Waals surface area contributed by atoms with E-state index in [4.69, 9.17) is 23.8 Å². The number of hydrogen-bond donors (Lipinski definition) is 2. The Morgan fingerprint density at radius 2 is 2.21 bits per heavy atom. The van der Waals surface area contributed by atoms with Crippen molar-refractivity contribution >= 4 is 29.7 Å². The van der Waals surface area contributed by atoms with Crippen molar-refractivity contribution in [2.75, 3.05) is 6.54 Å². The van der Waals surface area contributed by atoms with E-state index in [1.54, 1.807) is 0 Å². The van der Waals surface area contributed by atoms with E-state index in [1.807, 2.05) is 24.3 Å². The molecular formula is C17H19ClN4OS. The Morgan fingerprint density at radius 1 is 1.42 bits per heavy atom. The smallest absolute Gasteiger partial charge is 0.223 e. The van der Waals surface area contributed by atoms with Crippen LogP contribution in [0.1, 0.15) is 42.6 Å². The molecule has 0 bridgehead atoms. The first-order valence-electron chi connectivity index (χ1n) is 8.33. The number of amides is 1. The predicted molar refractivity (Wildman–Crippen MR) is 94.7 cm³/mol. The Labute approximate surface area is 150 Å². The van der Waals surface area contributed by atoms with Gasteiger partial charge in [0.25, 0.3) is 0 Å². The van der Waals surface area contributed by atoms with E-state index in [0.717, 1.165) is 35.7 Å². The SMILES string of the molecule is O=C(NCCc1n[nH]c(=S)n1C1CC1)[C@H]1C[C@H]1c1ccccc1Cl. The summed E-state index contributed by atoms with van der Waals surface area (Å²) >= 11 is 11.5. The second-order valence-corrected chi connectivity index (χ2v) is 7.35. The van der Waals surface area contributed by atoms with Crippen LogP contribution in [0.15, 0.2) is 24.3 Å². The second-order valence-electron chi connectivity index (χ2n) is 6.56. The molecule has 5 nitrogen and oxygen atoms in total. The van der Waals surface area contributed by atoms with Crippen LogP contribution in [0, 0.1) is 10.7 Å². The van der Waals surface area contributed by atoms with E-state index in [0.29, 0.717) is 23.8 Å². The van der Waals surface area contributed by atoms with E-state index in [-0.39, 0.29) is 17.7 Å². The molecule has 126 valence electrons. The van der Waals surface area contributed by atoms with Crippen LogP contribution in [0.4, 0.5) is 0 Å². The van der Waals surface area contributed by atoms with Gasteiger partial charge in [-0.25, -0.2) is 0 Å². The van der Waals surface area contributed by atoms with Gasteiger partial charge in [-0.1, -0.05) is 29.8 Å². The van der Waals surface area contributed by atoms with Gasteiger partial charge in [-0.2, -0.15) is 5.10 Å². The van der Waals surface area contributed by atoms with Gasteiger partial charge < -0.3 is 9.88 Å². The molecule has 2 aliphatic rings. The third-order valence-electron chi connectivity index (χ3n) is 4.77. The van der Waals surface area contributed by atoms with Gasteiger partial charge in [0.05, 0.1) is 0 Å². The average Bonchev–Trinajstić information content (AvgIpc) is 3.48. The fourth-order valence-corrected chi connectivity index (χ4v) is 3.83. The number of halogens is 1. The van der Waals surface area contributed by atoms with E-state index in [1.165, 1.54) is 0 Å².